The molecule has 0 radical (unpaired) electrons. The Hall–Kier alpha value is -2.43. The molecule has 24 heavy (non-hydrogen) atoms. The third-order valence-corrected chi connectivity index (χ3v) is 3.95. The molecule has 126 valence electrons. The standard InChI is InChI=1S/C13H10BrF3N6O/c1-5(12-21-4-23(22-12)13(16)17)24-7-2-6(15)9(14)10-8(7)11(18)20-3-19-10/h2-5,13H,1H3,(H2,18,19,20). The quantitative estimate of drug-likeness (QED) is 0.719. The maximum Gasteiger partial charge on any atom is 0.334 e. The van der Waals surface area contributed by atoms with Gasteiger partial charge in [0.25, 0.3) is 0 Å². The van der Waals surface area contributed by atoms with Gasteiger partial charge in [0, 0.05) is 6.07 Å². The van der Waals surface area contributed by atoms with Crippen molar-refractivity contribution in [2.75, 3.05) is 5.73 Å². The second kappa shape index (κ2) is 6.23. The molecule has 1 atom stereocenters. The minimum absolute atomic E-state index is 0.0159. The first kappa shape index (κ1) is 16.4. The van der Waals surface area contributed by atoms with Crippen molar-refractivity contribution in [2.45, 2.75) is 19.6 Å². The third kappa shape index (κ3) is 2.86. The molecule has 2 aromatic heterocycles. The third-order valence-electron chi connectivity index (χ3n) is 3.19. The smallest absolute Gasteiger partial charge is 0.334 e. The lowest BCUT2D eigenvalue weighted by Gasteiger charge is -2.15. The molecule has 2 heterocycles. The molecule has 1 unspecified atom stereocenters. The van der Waals surface area contributed by atoms with E-state index < -0.39 is 18.5 Å². The summed E-state index contributed by atoms with van der Waals surface area (Å²) >= 11 is 3.09. The van der Waals surface area contributed by atoms with Crippen LogP contribution in [0.3, 0.4) is 0 Å². The molecule has 0 saturated carbocycles. The van der Waals surface area contributed by atoms with Crippen molar-refractivity contribution in [3.8, 4) is 5.75 Å². The Morgan fingerprint density at radius 3 is 2.71 bits per heavy atom. The number of nitrogens with zero attached hydrogens (tertiary/aromatic N) is 5. The Bertz CT molecular complexity index is 903. The van der Waals surface area contributed by atoms with Gasteiger partial charge in [-0.05, 0) is 22.9 Å². The summed E-state index contributed by atoms with van der Waals surface area (Å²) in [6.45, 7) is -1.27. The highest BCUT2D eigenvalue weighted by Crippen LogP contribution is 2.37. The Morgan fingerprint density at radius 2 is 2.04 bits per heavy atom. The zero-order chi connectivity index (χ0) is 17.4. The molecule has 11 heteroatoms. The van der Waals surface area contributed by atoms with Crippen molar-refractivity contribution >= 4 is 32.7 Å². The first-order chi connectivity index (χ1) is 11.4. The molecule has 1 aromatic carbocycles. The maximum absolute atomic E-state index is 14.0. The molecule has 3 aromatic rings. The Labute approximate surface area is 141 Å². The number of nitrogens with two attached hydrogens (primary N) is 1. The number of rotatable bonds is 4. The fourth-order valence-electron chi connectivity index (χ4n) is 2.08. The van der Waals surface area contributed by atoms with E-state index >= 15 is 0 Å². The lowest BCUT2D eigenvalue weighted by atomic mass is 10.2. The van der Waals surface area contributed by atoms with Crippen LogP contribution in [0.1, 0.15) is 25.4 Å². The number of aromatic nitrogens is 5. The van der Waals surface area contributed by atoms with E-state index in [4.69, 9.17) is 10.5 Å². The Morgan fingerprint density at radius 1 is 1.29 bits per heavy atom. The molecule has 0 aliphatic rings. The molecule has 0 aliphatic carbocycles. The van der Waals surface area contributed by atoms with Crippen LogP contribution >= 0.6 is 15.9 Å². The number of anilines is 1. The summed E-state index contributed by atoms with van der Waals surface area (Å²) in [6, 6.07) is 1.10. The minimum atomic E-state index is -2.81. The second-order valence-electron chi connectivity index (χ2n) is 4.77. The molecule has 0 bridgehead atoms. The SMILES string of the molecule is CC(Oc1cc(F)c(Br)c2ncnc(N)c12)c1ncn(C(F)F)n1. The molecule has 0 fully saturated rings. The molecule has 0 aliphatic heterocycles. The number of fused-ring (bicyclic) bond motifs is 1. The summed E-state index contributed by atoms with van der Waals surface area (Å²) in [5, 5.41) is 3.91. The highest BCUT2D eigenvalue weighted by Gasteiger charge is 2.20. The average Bonchev–Trinajstić information content (AvgIpc) is 3.02. The number of alkyl halides is 2. The van der Waals surface area contributed by atoms with E-state index in [1.807, 2.05) is 0 Å². The topological polar surface area (TPSA) is 91.7 Å². The van der Waals surface area contributed by atoms with Crippen LogP contribution in [-0.4, -0.2) is 24.7 Å². The number of ether oxygens (including phenoxy) is 1. The van der Waals surface area contributed by atoms with E-state index in [0.717, 1.165) is 12.4 Å². The van der Waals surface area contributed by atoms with Crippen LogP contribution in [-0.2, 0) is 0 Å². The molecular formula is C13H10BrF3N6O. The number of nitrogen functional groups attached to an aromatic ring is 1. The predicted octanol–water partition coefficient (Wildman–Crippen LogP) is 3.24. The van der Waals surface area contributed by atoms with E-state index in [1.54, 1.807) is 0 Å². The van der Waals surface area contributed by atoms with E-state index in [9.17, 15) is 13.2 Å². The van der Waals surface area contributed by atoms with Gasteiger partial charge in [-0.2, -0.15) is 13.5 Å². The largest absolute Gasteiger partial charge is 0.482 e. The van der Waals surface area contributed by atoms with Gasteiger partial charge in [0.05, 0.1) is 15.4 Å². The van der Waals surface area contributed by atoms with Gasteiger partial charge >= 0.3 is 6.55 Å². The number of hydrogen-bond acceptors (Lipinski definition) is 6. The Kier molecular flexibility index (Phi) is 4.26. The zero-order valence-electron chi connectivity index (χ0n) is 12.1. The zero-order valence-corrected chi connectivity index (χ0v) is 13.7. The summed E-state index contributed by atoms with van der Waals surface area (Å²) in [6.07, 6.45) is 1.26. The van der Waals surface area contributed by atoms with Gasteiger partial charge in [-0.3, -0.25) is 0 Å². The fourth-order valence-corrected chi connectivity index (χ4v) is 2.49. The van der Waals surface area contributed by atoms with Crippen LogP contribution in [0, 0.1) is 5.82 Å². The van der Waals surface area contributed by atoms with Gasteiger partial charge in [0.1, 0.15) is 30.0 Å². The second-order valence-corrected chi connectivity index (χ2v) is 5.57. The van der Waals surface area contributed by atoms with E-state index in [1.165, 1.54) is 13.3 Å². The first-order valence-corrected chi connectivity index (χ1v) is 7.41. The summed E-state index contributed by atoms with van der Waals surface area (Å²) in [5.41, 5.74) is 6.06. The summed E-state index contributed by atoms with van der Waals surface area (Å²) in [5.74, 6) is -0.449. The van der Waals surface area contributed by atoms with Crippen LogP contribution < -0.4 is 10.5 Å². The van der Waals surface area contributed by atoms with E-state index in [2.05, 4.69) is 36.0 Å². The van der Waals surface area contributed by atoms with Crippen molar-refractivity contribution in [1.29, 1.82) is 0 Å². The molecular weight excluding hydrogens is 393 g/mol. The van der Waals surface area contributed by atoms with Crippen molar-refractivity contribution in [3.05, 3.63) is 34.8 Å². The molecule has 0 amide bonds. The van der Waals surface area contributed by atoms with Gasteiger partial charge in [-0.25, -0.2) is 19.3 Å². The Balaban J connectivity index is 2.01. The maximum atomic E-state index is 14.0. The van der Waals surface area contributed by atoms with Crippen LogP contribution in [0.2, 0.25) is 0 Å². The van der Waals surface area contributed by atoms with Gasteiger partial charge in [0.15, 0.2) is 11.9 Å². The van der Waals surface area contributed by atoms with Gasteiger partial charge in [0.2, 0.25) is 0 Å². The lowest BCUT2D eigenvalue weighted by Crippen LogP contribution is -2.08. The van der Waals surface area contributed by atoms with Crippen molar-refractivity contribution in [1.82, 2.24) is 24.7 Å². The van der Waals surface area contributed by atoms with Crippen molar-refractivity contribution in [2.24, 2.45) is 0 Å². The first-order valence-electron chi connectivity index (χ1n) is 6.62. The van der Waals surface area contributed by atoms with Crippen LogP contribution in [0.5, 0.6) is 5.75 Å². The van der Waals surface area contributed by atoms with Crippen LogP contribution in [0.15, 0.2) is 23.2 Å². The van der Waals surface area contributed by atoms with E-state index in [-0.39, 0.29) is 27.4 Å². The normalized spacial score (nSPS) is 12.8. The van der Waals surface area contributed by atoms with Crippen molar-refractivity contribution < 1.29 is 17.9 Å². The number of halogens is 4. The number of benzene rings is 1. The van der Waals surface area contributed by atoms with Crippen LogP contribution in [0.25, 0.3) is 10.9 Å². The molecule has 0 spiro atoms. The monoisotopic (exact) mass is 402 g/mol. The highest BCUT2D eigenvalue weighted by molar-refractivity contribution is 9.10. The minimum Gasteiger partial charge on any atom is -0.482 e. The van der Waals surface area contributed by atoms with E-state index in [0.29, 0.717) is 10.1 Å². The molecule has 2 N–H and O–H groups in total. The molecule has 3 rings (SSSR count). The van der Waals surface area contributed by atoms with Crippen LogP contribution in [0.4, 0.5) is 19.0 Å². The number of hydrogen-bond donors (Lipinski definition) is 1. The summed E-state index contributed by atoms with van der Waals surface area (Å²) < 4.78 is 45.3. The van der Waals surface area contributed by atoms with Gasteiger partial charge in [-0.1, -0.05) is 0 Å². The molecule has 0 saturated heterocycles. The predicted molar refractivity (Wildman–Crippen MR) is 81.9 cm³/mol. The summed E-state index contributed by atoms with van der Waals surface area (Å²) in [7, 11) is 0. The average molecular weight is 403 g/mol. The lowest BCUT2D eigenvalue weighted by molar-refractivity contribution is 0.0550. The molecule has 7 nitrogen and oxygen atoms in total. The fraction of sp³-hybridized carbons (Fsp3) is 0.231. The van der Waals surface area contributed by atoms with Gasteiger partial charge < -0.3 is 10.5 Å². The highest BCUT2D eigenvalue weighted by atomic mass is 79.9. The van der Waals surface area contributed by atoms with Crippen molar-refractivity contribution in [3.63, 3.8) is 0 Å². The summed E-state index contributed by atoms with van der Waals surface area (Å²) in [4.78, 5) is 11.6. The van der Waals surface area contributed by atoms with Gasteiger partial charge in [-0.15, -0.1) is 5.10 Å².